The van der Waals surface area contributed by atoms with Crippen molar-refractivity contribution in [1.82, 2.24) is 0 Å². The second kappa shape index (κ2) is 10.9. The fourth-order valence-electron chi connectivity index (χ4n) is 2.42. The summed E-state index contributed by atoms with van der Waals surface area (Å²) >= 11 is 0. The number of nitro benzene ring substituents is 1. The molecule has 0 aliphatic heterocycles. The van der Waals surface area contributed by atoms with Gasteiger partial charge in [0.25, 0.3) is 5.69 Å². The predicted molar refractivity (Wildman–Crippen MR) is 103 cm³/mol. The van der Waals surface area contributed by atoms with Gasteiger partial charge in [0.1, 0.15) is 12.3 Å². The highest BCUT2D eigenvalue weighted by molar-refractivity contribution is 5.57. The van der Waals surface area contributed by atoms with Crippen LogP contribution in [0.15, 0.2) is 52.7 Å². The number of anilines is 1. The highest BCUT2D eigenvalue weighted by atomic mass is 16.6. The Morgan fingerprint density at radius 2 is 1.64 bits per heavy atom. The largest absolute Gasteiger partial charge is 0.489 e. The average molecular weight is 390 g/mol. The summed E-state index contributed by atoms with van der Waals surface area (Å²) in [5.74, 6) is 0.153. The summed E-state index contributed by atoms with van der Waals surface area (Å²) < 4.78 is 5.31. The van der Waals surface area contributed by atoms with Gasteiger partial charge in [-0.1, -0.05) is 0 Å². The number of aliphatic hydroxyl groups is 3. The zero-order valence-electron chi connectivity index (χ0n) is 15.1. The summed E-state index contributed by atoms with van der Waals surface area (Å²) in [4.78, 5) is 12.2. The second-order valence-corrected chi connectivity index (χ2v) is 5.63. The minimum Gasteiger partial charge on any atom is -0.489 e. The summed E-state index contributed by atoms with van der Waals surface area (Å²) in [5.41, 5.74) is 1.52. The van der Waals surface area contributed by atoms with Gasteiger partial charge >= 0.3 is 0 Å². The molecule has 0 saturated carbocycles. The lowest BCUT2D eigenvalue weighted by Crippen LogP contribution is -2.29. The quantitative estimate of drug-likeness (QED) is 0.303. The van der Waals surface area contributed by atoms with Crippen LogP contribution < -0.4 is 9.64 Å². The van der Waals surface area contributed by atoms with Crippen molar-refractivity contribution in [3.63, 3.8) is 0 Å². The van der Waals surface area contributed by atoms with Crippen molar-refractivity contribution in [3.8, 4) is 5.75 Å². The summed E-state index contributed by atoms with van der Waals surface area (Å²) in [7, 11) is 0. The molecule has 0 fully saturated rings. The minimum absolute atomic E-state index is 0.0239. The SMILES string of the molecule is O=[N+]([O-])c1ccc(N=Nc2ccc(N(CCO)CCO)cc2)c(OCCO)c1. The molecule has 0 bridgehead atoms. The van der Waals surface area contributed by atoms with Crippen LogP contribution in [0.5, 0.6) is 5.75 Å². The molecule has 10 heteroatoms. The van der Waals surface area contributed by atoms with Crippen LogP contribution in [0.2, 0.25) is 0 Å². The molecule has 0 aliphatic carbocycles. The van der Waals surface area contributed by atoms with Gasteiger partial charge in [0, 0.05) is 24.8 Å². The van der Waals surface area contributed by atoms with E-state index < -0.39 is 4.92 Å². The van der Waals surface area contributed by atoms with Gasteiger partial charge in [-0.05, 0) is 30.3 Å². The highest BCUT2D eigenvalue weighted by Crippen LogP contribution is 2.33. The van der Waals surface area contributed by atoms with Gasteiger partial charge in [-0.25, -0.2) is 0 Å². The van der Waals surface area contributed by atoms with Crippen LogP contribution in [0.25, 0.3) is 0 Å². The summed E-state index contributed by atoms with van der Waals surface area (Å²) in [6.45, 7) is 0.477. The zero-order chi connectivity index (χ0) is 20.4. The first kappa shape index (κ1) is 21.2. The molecule has 0 amide bonds. The number of ether oxygens (including phenoxy) is 1. The molecule has 0 saturated heterocycles. The van der Waals surface area contributed by atoms with Gasteiger partial charge in [-0.15, -0.1) is 5.11 Å². The Labute approximate surface area is 161 Å². The number of hydrogen-bond acceptors (Lipinski definition) is 9. The van der Waals surface area contributed by atoms with Crippen molar-refractivity contribution in [2.24, 2.45) is 10.2 Å². The summed E-state index contributed by atoms with van der Waals surface area (Å²) in [6, 6.07) is 11.0. The highest BCUT2D eigenvalue weighted by Gasteiger charge is 2.12. The van der Waals surface area contributed by atoms with Gasteiger partial charge in [0.15, 0.2) is 5.75 Å². The average Bonchev–Trinajstić information content (AvgIpc) is 2.71. The van der Waals surface area contributed by atoms with E-state index in [9.17, 15) is 10.1 Å². The Morgan fingerprint density at radius 3 is 2.21 bits per heavy atom. The van der Waals surface area contributed by atoms with E-state index in [4.69, 9.17) is 20.1 Å². The molecular formula is C18H22N4O6. The van der Waals surface area contributed by atoms with E-state index in [0.29, 0.717) is 24.5 Å². The van der Waals surface area contributed by atoms with Crippen molar-refractivity contribution >= 4 is 22.7 Å². The van der Waals surface area contributed by atoms with Gasteiger partial charge in [-0.3, -0.25) is 10.1 Å². The molecule has 28 heavy (non-hydrogen) atoms. The number of hydrogen-bond donors (Lipinski definition) is 3. The van der Waals surface area contributed by atoms with Crippen LogP contribution in [-0.2, 0) is 0 Å². The van der Waals surface area contributed by atoms with Gasteiger partial charge in [0.2, 0.25) is 0 Å². The Kier molecular flexibility index (Phi) is 8.28. The smallest absolute Gasteiger partial charge is 0.273 e. The topological polar surface area (TPSA) is 141 Å². The van der Waals surface area contributed by atoms with Crippen LogP contribution in [0.3, 0.4) is 0 Å². The van der Waals surface area contributed by atoms with Crippen molar-refractivity contribution in [2.75, 3.05) is 44.4 Å². The Hall–Kier alpha value is -3.08. The molecule has 3 N–H and O–H groups in total. The molecule has 2 aromatic rings. The monoisotopic (exact) mass is 390 g/mol. The van der Waals surface area contributed by atoms with E-state index in [1.807, 2.05) is 4.90 Å². The van der Waals surface area contributed by atoms with Crippen LogP contribution in [0.4, 0.5) is 22.7 Å². The van der Waals surface area contributed by atoms with Crippen LogP contribution >= 0.6 is 0 Å². The standard InChI is InChI=1S/C18H22N4O6/c23-9-7-21(8-10-24)15-3-1-14(2-4-15)19-20-17-6-5-16(22(26)27)13-18(17)28-12-11-25/h1-6,13,23-25H,7-12H2. The molecule has 0 aliphatic rings. The first-order chi connectivity index (χ1) is 13.6. The van der Waals surface area contributed by atoms with Crippen molar-refractivity contribution < 1.29 is 25.0 Å². The third-order valence-corrected chi connectivity index (χ3v) is 3.73. The van der Waals surface area contributed by atoms with E-state index in [-0.39, 0.29) is 37.9 Å². The number of aliphatic hydroxyl groups excluding tert-OH is 3. The van der Waals surface area contributed by atoms with E-state index in [1.54, 1.807) is 24.3 Å². The number of rotatable bonds is 11. The van der Waals surface area contributed by atoms with E-state index in [2.05, 4.69) is 10.2 Å². The van der Waals surface area contributed by atoms with Gasteiger partial charge in [0.05, 0.1) is 36.5 Å². The number of azo groups is 1. The molecule has 0 spiro atoms. The van der Waals surface area contributed by atoms with E-state index in [0.717, 1.165) is 5.69 Å². The van der Waals surface area contributed by atoms with Crippen LogP contribution in [0, 0.1) is 10.1 Å². The molecule has 0 radical (unpaired) electrons. The first-order valence-corrected chi connectivity index (χ1v) is 8.59. The molecular weight excluding hydrogens is 368 g/mol. The number of nitrogens with zero attached hydrogens (tertiary/aromatic N) is 4. The fourth-order valence-corrected chi connectivity index (χ4v) is 2.42. The number of benzene rings is 2. The maximum atomic E-state index is 10.9. The molecule has 150 valence electrons. The third kappa shape index (κ3) is 5.98. The molecule has 0 heterocycles. The molecule has 10 nitrogen and oxygen atoms in total. The molecule has 0 aromatic heterocycles. The van der Waals surface area contributed by atoms with Crippen molar-refractivity contribution in [1.29, 1.82) is 0 Å². The Bertz CT molecular complexity index is 791. The molecule has 2 aromatic carbocycles. The Balaban J connectivity index is 2.19. The van der Waals surface area contributed by atoms with Gasteiger partial charge in [-0.2, -0.15) is 5.11 Å². The second-order valence-electron chi connectivity index (χ2n) is 5.63. The minimum atomic E-state index is -0.546. The number of non-ortho nitro benzene ring substituents is 1. The lowest BCUT2D eigenvalue weighted by atomic mass is 10.2. The molecule has 0 unspecified atom stereocenters. The summed E-state index contributed by atoms with van der Waals surface area (Å²) in [5, 5.41) is 46.2. The van der Waals surface area contributed by atoms with Crippen LogP contribution in [0.1, 0.15) is 0 Å². The predicted octanol–water partition coefficient (Wildman–Crippen LogP) is 2.17. The maximum Gasteiger partial charge on any atom is 0.273 e. The zero-order valence-corrected chi connectivity index (χ0v) is 15.1. The third-order valence-electron chi connectivity index (χ3n) is 3.73. The van der Waals surface area contributed by atoms with Crippen molar-refractivity contribution in [3.05, 3.63) is 52.6 Å². The summed E-state index contributed by atoms with van der Waals surface area (Å²) in [6.07, 6.45) is 0. The Morgan fingerprint density at radius 1 is 0.964 bits per heavy atom. The van der Waals surface area contributed by atoms with E-state index in [1.165, 1.54) is 18.2 Å². The van der Waals surface area contributed by atoms with Crippen molar-refractivity contribution in [2.45, 2.75) is 0 Å². The lowest BCUT2D eigenvalue weighted by molar-refractivity contribution is -0.384. The molecule has 0 atom stereocenters. The fraction of sp³-hybridized carbons (Fsp3) is 0.333. The lowest BCUT2D eigenvalue weighted by Gasteiger charge is -2.22. The molecule has 2 rings (SSSR count). The van der Waals surface area contributed by atoms with Crippen LogP contribution in [-0.4, -0.2) is 59.8 Å². The first-order valence-electron chi connectivity index (χ1n) is 8.59. The normalized spacial score (nSPS) is 11.0. The maximum absolute atomic E-state index is 10.9. The van der Waals surface area contributed by atoms with E-state index >= 15 is 0 Å². The van der Waals surface area contributed by atoms with Gasteiger partial charge < -0.3 is 25.0 Å². The number of nitro groups is 1.